The second-order valence-corrected chi connectivity index (χ2v) is 6.48. The van der Waals surface area contributed by atoms with Gasteiger partial charge < -0.3 is 10.6 Å². The molecule has 1 saturated heterocycles. The van der Waals surface area contributed by atoms with Gasteiger partial charge in [0.05, 0.1) is 16.8 Å². The number of piperidine rings is 1. The monoisotopic (exact) mass is 315 g/mol. The van der Waals surface area contributed by atoms with Gasteiger partial charge in [-0.25, -0.2) is 4.39 Å². The second-order valence-electron chi connectivity index (χ2n) is 6.48. The van der Waals surface area contributed by atoms with Crippen molar-refractivity contribution in [2.75, 3.05) is 13.1 Å². The first-order valence-electron chi connectivity index (χ1n) is 8.07. The Morgan fingerprint density at radius 2 is 2.22 bits per heavy atom. The van der Waals surface area contributed by atoms with Crippen LogP contribution in [0.3, 0.4) is 0 Å². The number of nitrogens with zero attached hydrogens (tertiary/aromatic N) is 2. The number of aryl methyl sites for hydroxylation is 1. The lowest BCUT2D eigenvalue weighted by Crippen LogP contribution is -2.49. The summed E-state index contributed by atoms with van der Waals surface area (Å²) in [5.74, 6) is 0.242. The van der Waals surface area contributed by atoms with Crippen molar-refractivity contribution in [1.29, 1.82) is 0 Å². The third-order valence-corrected chi connectivity index (χ3v) is 4.71. The van der Waals surface area contributed by atoms with Crippen molar-refractivity contribution >= 4 is 16.8 Å². The highest BCUT2D eigenvalue weighted by Gasteiger charge is 2.30. The van der Waals surface area contributed by atoms with Gasteiger partial charge in [-0.3, -0.25) is 9.78 Å². The minimum atomic E-state index is -0.323. The summed E-state index contributed by atoms with van der Waals surface area (Å²) in [6.07, 6.45) is 1.93. The van der Waals surface area contributed by atoms with Gasteiger partial charge in [-0.05, 0) is 43.9 Å². The fourth-order valence-electron chi connectivity index (χ4n) is 3.35. The van der Waals surface area contributed by atoms with Gasteiger partial charge in [0, 0.05) is 30.6 Å². The van der Waals surface area contributed by atoms with Crippen molar-refractivity contribution < 1.29 is 9.18 Å². The Bertz CT molecular complexity index is 746. The zero-order chi connectivity index (χ0) is 16.6. The van der Waals surface area contributed by atoms with Gasteiger partial charge in [-0.15, -0.1) is 0 Å². The van der Waals surface area contributed by atoms with Crippen LogP contribution < -0.4 is 5.73 Å². The number of halogens is 1. The molecule has 1 aliphatic heterocycles. The topological polar surface area (TPSA) is 59.2 Å². The zero-order valence-electron chi connectivity index (χ0n) is 13.6. The lowest BCUT2D eigenvalue weighted by Gasteiger charge is -2.38. The number of hydrogen-bond donors (Lipinski definition) is 1. The van der Waals surface area contributed by atoms with E-state index in [0.29, 0.717) is 29.2 Å². The molecule has 2 heterocycles. The second kappa shape index (κ2) is 6.24. The van der Waals surface area contributed by atoms with Crippen LogP contribution in [-0.4, -0.2) is 34.9 Å². The number of fused-ring (bicyclic) bond motifs is 1. The summed E-state index contributed by atoms with van der Waals surface area (Å²) in [6, 6.07) is 6.33. The molecule has 2 unspecified atom stereocenters. The van der Waals surface area contributed by atoms with E-state index in [4.69, 9.17) is 5.73 Å². The van der Waals surface area contributed by atoms with Gasteiger partial charge in [0.2, 0.25) is 0 Å². The highest BCUT2D eigenvalue weighted by Crippen LogP contribution is 2.25. The molecule has 0 radical (unpaired) electrons. The molecule has 2 N–H and O–H groups in total. The lowest BCUT2D eigenvalue weighted by atomic mass is 9.91. The van der Waals surface area contributed by atoms with E-state index in [9.17, 15) is 9.18 Å². The molecule has 2 aromatic rings. The van der Waals surface area contributed by atoms with Crippen LogP contribution in [0.15, 0.2) is 24.3 Å². The number of amides is 1. The molecule has 1 aromatic carbocycles. The molecule has 3 rings (SSSR count). The molecule has 23 heavy (non-hydrogen) atoms. The van der Waals surface area contributed by atoms with E-state index in [0.717, 1.165) is 24.8 Å². The molecule has 0 saturated carbocycles. The van der Waals surface area contributed by atoms with Crippen LogP contribution in [0.1, 0.15) is 35.8 Å². The zero-order valence-corrected chi connectivity index (χ0v) is 13.6. The lowest BCUT2D eigenvalue weighted by molar-refractivity contribution is 0.0572. The van der Waals surface area contributed by atoms with Crippen molar-refractivity contribution in [2.24, 2.45) is 11.7 Å². The number of carbonyl (C=O) groups is 1. The molecule has 0 aliphatic carbocycles. The number of pyridine rings is 1. The number of benzene rings is 1. The van der Waals surface area contributed by atoms with Gasteiger partial charge in [0.1, 0.15) is 5.82 Å². The van der Waals surface area contributed by atoms with E-state index in [1.165, 1.54) is 12.1 Å². The first-order chi connectivity index (χ1) is 11.0. The summed E-state index contributed by atoms with van der Waals surface area (Å²) in [4.78, 5) is 19.2. The first-order valence-corrected chi connectivity index (χ1v) is 8.07. The van der Waals surface area contributed by atoms with Crippen LogP contribution in [-0.2, 0) is 0 Å². The maximum Gasteiger partial charge on any atom is 0.256 e. The summed E-state index contributed by atoms with van der Waals surface area (Å²) >= 11 is 0. The molecule has 0 bridgehead atoms. The number of hydrogen-bond acceptors (Lipinski definition) is 3. The van der Waals surface area contributed by atoms with Gasteiger partial charge in [-0.1, -0.05) is 6.92 Å². The third kappa shape index (κ3) is 3.06. The first kappa shape index (κ1) is 15.9. The highest BCUT2D eigenvalue weighted by atomic mass is 19.1. The van der Waals surface area contributed by atoms with Crippen LogP contribution in [0.2, 0.25) is 0 Å². The Morgan fingerprint density at radius 1 is 1.43 bits per heavy atom. The molecule has 1 amide bonds. The molecule has 0 spiro atoms. The summed E-state index contributed by atoms with van der Waals surface area (Å²) in [5.41, 5.74) is 7.64. The highest BCUT2D eigenvalue weighted by molar-refractivity contribution is 5.98. The van der Waals surface area contributed by atoms with Crippen molar-refractivity contribution in [3.8, 4) is 0 Å². The van der Waals surface area contributed by atoms with Crippen LogP contribution in [0.5, 0.6) is 0 Å². The average molecular weight is 315 g/mol. The summed E-state index contributed by atoms with van der Waals surface area (Å²) < 4.78 is 13.3. The summed E-state index contributed by atoms with van der Waals surface area (Å²) in [7, 11) is 0. The molecule has 1 fully saturated rings. The number of carbonyl (C=O) groups excluding carboxylic acids is 1. The molecule has 122 valence electrons. The fraction of sp³-hybridized carbons (Fsp3) is 0.444. The van der Waals surface area contributed by atoms with Gasteiger partial charge >= 0.3 is 0 Å². The quantitative estimate of drug-likeness (QED) is 0.927. The van der Waals surface area contributed by atoms with Gasteiger partial charge in [-0.2, -0.15) is 0 Å². The van der Waals surface area contributed by atoms with Gasteiger partial charge in [0.15, 0.2) is 0 Å². The van der Waals surface area contributed by atoms with E-state index in [-0.39, 0.29) is 17.8 Å². The number of rotatable bonds is 2. The minimum absolute atomic E-state index is 0.0245. The Hall–Kier alpha value is -2.01. The number of likely N-dealkylation sites (tertiary alicyclic amines) is 1. The van der Waals surface area contributed by atoms with Crippen LogP contribution in [0, 0.1) is 18.7 Å². The predicted molar refractivity (Wildman–Crippen MR) is 88.7 cm³/mol. The average Bonchev–Trinajstić information content (AvgIpc) is 2.53. The van der Waals surface area contributed by atoms with E-state index < -0.39 is 0 Å². The smallest absolute Gasteiger partial charge is 0.256 e. The van der Waals surface area contributed by atoms with E-state index in [2.05, 4.69) is 11.9 Å². The molecule has 2 atom stereocenters. The molecular formula is C18H22FN3O. The normalized spacial score (nSPS) is 21.7. The maximum absolute atomic E-state index is 13.3. The molecular weight excluding hydrogens is 293 g/mol. The molecule has 1 aromatic heterocycles. The van der Waals surface area contributed by atoms with E-state index in [1.54, 1.807) is 13.0 Å². The molecule has 4 nitrogen and oxygen atoms in total. The standard InChI is InChI=1S/C18H22FN3O/c1-11-5-6-22(15(7-11)10-20)18(23)16-8-13-3-4-14(19)9-17(13)21-12(16)2/h3-4,8-9,11,15H,5-7,10,20H2,1-2H3. The van der Waals surface area contributed by atoms with E-state index in [1.807, 2.05) is 11.0 Å². The van der Waals surface area contributed by atoms with Gasteiger partial charge in [0.25, 0.3) is 5.91 Å². The van der Waals surface area contributed by atoms with Crippen LogP contribution in [0.25, 0.3) is 10.9 Å². The van der Waals surface area contributed by atoms with Crippen molar-refractivity contribution in [1.82, 2.24) is 9.88 Å². The number of nitrogens with two attached hydrogens (primary N) is 1. The Kier molecular flexibility index (Phi) is 4.31. The number of aromatic nitrogens is 1. The predicted octanol–water partition coefficient (Wildman–Crippen LogP) is 2.88. The fourth-order valence-corrected chi connectivity index (χ4v) is 3.35. The van der Waals surface area contributed by atoms with Crippen molar-refractivity contribution in [3.63, 3.8) is 0 Å². The Balaban J connectivity index is 1.97. The minimum Gasteiger partial charge on any atom is -0.334 e. The van der Waals surface area contributed by atoms with Crippen LogP contribution in [0.4, 0.5) is 4.39 Å². The summed E-state index contributed by atoms with van der Waals surface area (Å²) in [6.45, 7) is 5.19. The Morgan fingerprint density at radius 3 is 2.96 bits per heavy atom. The maximum atomic E-state index is 13.3. The SMILES string of the molecule is Cc1nc2cc(F)ccc2cc1C(=O)N1CCC(C)CC1CN. The van der Waals surface area contributed by atoms with E-state index >= 15 is 0 Å². The van der Waals surface area contributed by atoms with Crippen molar-refractivity contribution in [2.45, 2.75) is 32.7 Å². The largest absolute Gasteiger partial charge is 0.334 e. The summed E-state index contributed by atoms with van der Waals surface area (Å²) in [5, 5.41) is 0.773. The van der Waals surface area contributed by atoms with Crippen molar-refractivity contribution in [3.05, 3.63) is 41.3 Å². The molecule has 1 aliphatic rings. The Labute approximate surface area is 135 Å². The third-order valence-electron chi connectivity index (χ3n) is 4.71. The van der Waals surface area contributed by atoms with Crippen LogP contribution >= 0.6 is 0 Å². The molecule has 5 heteroatoms.